The SMILES string of the molecule is CCN(CC)C(=O)c1ccc(C(=C2CCNCC2)c2cccc(NC(=O)OC)c2)cc1. The van der Waals surface area contributed by atoms with Crippen LogP contribution in [0.1, 0.15) is 48.2 Å². The number of amides is 2. The van der Waals surface area contributed by atoms with Crippen LogP contribution in [0.3, 0.4) is 0 Å². The number of anilines is 1. The first-order chi connectivity index (χ1) is 15.1. The number of carbonyl (C=O) groups is 2. The number of carbonyl (C=O) groups excluding carboxylic acids is 2. The van der Waals surface area contributed by atoms with Crippen molar-refractivity contribution >= 4 is 23.3 Å². The molecule has 3 rings (SSSR count). The Morgan fingerprint density at radius 1 is 0.968 bits per heavy atom. The highest BCUT2D eigenvalue weighted by Crippen LogP contribution is 2.32. The van der Waals surface area contributed by atoms with Crippen molar-refractivity contribution in [1.82, 2.24) is 10.2 Å². The van der Waals surface area contributed by atoms with E-state index in [0.29, 0.717) is 24.3 Å². The molecule has 0 aromatic heterocycles. The molecular formula is C25H31N3O3. The van der Waals surface area contributed by atoms with Gasteiger partial charge >= 0.3 is 6.09 Å². The van der Waals surface area contributed by atoms with Gasteiger partial charge in [0.25, 0.3) is 5.91 Å². The minimum Gasteiger partial charge on any atom is -0.453 e. The summed E-state index contributed by atoms with van der Waals surface area (Å²) in [5, 5.41) is 6.15. The fraction of sp³-hybridized carbons (Fsp3) is 0.360. The van der Waals surface area contributed by atoms with E-state index in [4.69, 9.17) is 4.74 Å². The maximum absolute atomic E-state index is 12.7. The molecule has 2 aromatic carbocycles. The van der Waals surface area contributed by atoms with E-state index in [0.717, 1.165) is 42.6 Å². The molecule has 0 bridgehead atoms. The van der Waals surface area contributed by atoms with Gasteiger partial charge < -0.3 is 15.0 Å². The van der Waals surface area contributed by atoms with Gasteiger partial charge in [0.05, 0.1) is 7.11 Å². The monoisotopic (exact) mass is 421 g/mol. The number of nitrogens with one attached hydrogen (secondary N) is 2. The van der Waals surface area contributed by atoms with Gasteiger partial charge in [-0.15, -0.1) is 0 Å². The molecule has 0 radical (unpaired) electrons. The van der Waals surface area contributed by atoms with E-state index in [-0.39, 0.29) is 5.91 Å². The van der Waals surface area contributed by atoms with Gasteiger partial charge in [-0.3, -0.25) is 10.1 Å². The third-order valence-electron chi connectivity index (χ3n) is 5.61. The first kappa shape index (κ1) is 22.6. The first-order valence-electron chi connectivity index (χ1n) is 10.8. The van der Waals surface area contributed by atoms with E-state index >= 15 is 0 Å². The summed E-state index contributed by atoms with van der Waals surface area (Å²) in [4.78, 5) is 26.2. The van der Waals surface area contributed by atoms with Crippen molar-refractivity contribution < 1.29 is 14.3 Å². The molecule has 1 fully saturated rings. The average molecular weight is 422 g/mol. The van der Waals surface area contributed by atoms with Crippen molar-refractivity contribution in [2.24, 2.45) is 0 Å². The normalized spacial score (nSPS) is 13.5. The third kappa shape index (κ3) is 5.52. The summed E-state index contributed by atoms with van der Waals surface area (Å²) < 4.78 is 4.72. The summed E-state index contributed by atoms with van der Waals surface area (Å²) in [5.41, 5.74) is 6.03. The van der Waals surface area contributed by atoms with Crippen molar-refractivity contribution in [2.75, 3.05) is 38.6 Å². The summed E-state index contributed by atoms with van der Waals surface area (Å²) in [6, 6.07) is 15.7. The van der Waals surface area contributed by atoms with Crippen molar-refractivity contribution in [3.8, 4) is 0 Å². The van der Waals surface area contributed by atoms with Crippen LogP contribution in [-0.2, 0) is 4.74 Å². The van der Waals surface area contributed by atoms with E-state index in [9.17, 15) is 9.59 Å². The molecule has 31 heavy (non-hydrogen) atoms. The quantitative estimate of drug-likeness (QED) is 0.719. The molecular weight excluding hydrogens is 390 g/mol. The van der Waals surface area contributed by atoms with Gasteiger partial charge in [0.2, 0.25) is 0 Å². The zero-order valence-electron chi connectivity index (χ0n) is 18.5. The predicted octanol–water partition coefficient (Wildman–Crippen LogP) is 4.53. The Labute approximate surface area is 184 Å². The second kappa shape index (κ2) is 10.8. The van der Waals surface area contributed by atoms with Gasteiger partial charge in [0.15, 0.2) is 0 Å². The predicted molar refractivity (Wildman–Crippen MR) is 124 cm³/mol. The van der Waals surface area contributed by atoms with Gasteiger partial charge in [0.1, 0.15) is 0 Å². The minimum absolute atomic E-state index is 0.0527. The van der Waals surface area contributed by atoms with Crippen LogP contribution < -0.4 is 10.6 Å². The Morgan fingerprint density at radius 3 is 2.23 bits per heavy atom. The first-order valence-corrected chi connectivity index (χ1v) is 10.8. The lowest BCUT2D eigenvalue weighted by Crippen LogP contribution is -2.30. The summed E-state index contributed by atoms with van der Waals surface area (Å²) in [5.74, 6) is 0.0527. The van der Waals surface area contributed by atoms with E-state index < -0.39 is 6.09 Å². The molecule has 164 valence electrons. The number of hydrogen-bond donors (Lipinski definition) is 2. The molecule has 0 atom stereocenters. The summed E-state index contributed by atoms with van der Waals surface area (Å²) in [6.07, 6.45) is 1.43. The summed E-state index contributed by atoms with van der Waals surface area (Å²) >= 11 is 0. The lowest BCUT2D eigenvalue weighted by Gasteiger charge is -2.22. The standard InChI is InChI=1S/C25H31N3O3/c1-4-28(5-2)24(29)20-11-9-18(10-12-20)23(19-13-15-26-16-14-19)21-7-6-8-22(17-21)27-25(30)31-3/h6-12,17,26H,4-5,13-16H2,1-3H3,(H,27,30). The van der Waals surface area contributed by atoms with Crippen molar-refractivity contribution in [3.05, 3.63) is 70.8 Å². The molecule has 0 aliphatic carbocycles. The number of nitrogens with zero attached hydrogens (tertiary/aromatic N) is 1. The number of benzene rings is 2. The third-order valence-corrected chi connectivity index (χ3v) is 5.61. The van der Waals surface area contributed by atoms with Crippen molar-refractivity contribution in [2.45, 2.75) is 26.7 Å². The van der Waals surface area contributed by atoms with Crippen molar-refractivity contribution in [3.63, 3.8) is 0 Å². The highest BCUT2D eigenvalue weighted by atomic mass is 16.5. The average Bonchev–Trinajstić information content (AvgIpc) is 2.81. The zero-order valence-corrected chi connectivity index (χ0v) is 18.5. The van der Waals surface area contributed by atoms with Crippen LogP contribution in [0.5, 0.6) is 0 Å². The molecule has 1 aliphatic heterocycles. The lowest BCUT2D eigenvalue weighted by atomic mass is 9.88. The number of rotatable bonds is 6. The van der Waals surface area contributed by atoms with E-state index in [1.54, 1.807) is 0 Å². The largest absolute Gasteiger partial charge is 0.453 e. The Morgan fingerprint density at radius 2 is 1.61 bits per heavy atom. The smallest absolute Gasteiger partial charge is 0.411 e. The molecule has 2 aromatic rings. The Kier molecular flexibility index (Phi) is 7.84. The maximum atomic E-state index is 12.7. The van der Waals surface area contributed by atoms with Crippen LogP contribution >= 0.6 is 0 Å². The van der Waals surface area contributed by atoms with Crippen LogP contribution in [0.4, 0.5) is 10.5 Å². The number of hydrogen-bond acceptors (Lipinski definition) is 4. The molecule has 0 spiro atoms. The second-order valence-corrected chi connectivity index (χ2v) is 7.48. The zero-order chi connectivity index (χ0) is 22.2. The van der Waals surface area contributed by atoms with Gasteiger partial charge in [-0.05, 0) is 80.7 Å². The molecule has 1 saturated heterocycles. The molecule has 6 heteroatoms. The molecule has 2 N–H and O–H groups in total. The lowest BCUT2D eigenvalue weighted by molar-refractivity contribution is 0.0773. The minimum atomic E-state index is -0.493. The van der Waals surface area contributed by atoms with E-state index in [1.165, 1.54) is 12.7 Å². The highest BCUT2D eigenvalue weighted by molar-refractivity contribution is 5.95. The topological polar surface area (TPSA) is 70.7 Å². The van der Waals surface area contributed by atoms with E-state index in [2.05, 4.69) is 16.7 Å². The van der Waals surface area contributed by atoms with Crippen molar-refractivity contribution in [1.29, 1.82) is 0 Å². The Hall–Kier alpha value is -3.12. The molecule has 6 nitrogen and oxygen atoms in total. The Balaban J connectivity index is 1.99. The molecule has 0 unspecified atom stereocenters. The van der Waals surface area contributed by atoms with E-state index in [1.807, 2.05) is 61.2 Å². The van der Waals surface area contributed by atoms with Gasteiger partial charge in [0, 0.05) is 24.3 Å². The van der Waals surface area contributed by atoms with Crippen LogP contribution in [0.25, 0.3) is 5.57 Å². The van der Waals surface area contributed by atoms with Gasteiger partial charge in [-0.2, -0.15) is 0 Å². The second-order valence-electron chi connectivity index (χ2n) is 7.48. The molecule has 1 aliphatic rings. The number of piperidine rings is 1. The van der Waals surface area contributed by atoms with Gasteiger partial charge in [-0.25, -0.2) is 4.79 Å². The van der Waals surface area contributed by atoms with Crippen LogP contribution in [0.2, 0.25) is 0 Å². The Bertz CT molecular complexity index is 939. The van der Waals surface area contributed by atoms with Crippen LogP contribution in [0.15, 0.2) is 54.1 Å². The number of methoxy groups -OCH3 is 1. The fourth-order valence-corrected chi connectivity index (χ4v) is 3.95. The highest BCUT2D eigenvalue weighted by Gasteiger charge is 2.17. The van der Waals surface area contributed by atoms with Crippen LogP contribution in [-0.4, -0.2) is 50.2 Å². The molecule has 1 heterocycles. The fourth-order valence-electron chi connectivity index (χ4n) is 3.95. The van der Waals surface area contributed by atoms with Crippen LogP contribution in [0, 0.1) is 0 Å². The number of ether oxygens (including phenoxy) is 1. The molecule has 0 saturated carbocycles. The summed E-state index contributed by atoms with van der Waals surface area (Å²) in [7, 11) is 1.35. The maximum Gasteiger partial charge on any atom is 0.411 e. The molecule has 2 amide bonds. The van der Waals surface area contributed by atoms with Gasteiger partial charge in [-0.1, -0.05) is 29.8 Å². The summed E-state index contributed by atoms with van der Waals surface area (Å²) in [6.45, 7) is 7.25.